The van der Waals surface area contributed by atoms with E-state index >= 15 is 0 Å². The van der Waals surface area contributed by atoms with Gasteiger partial charge in [-0.05, 0) is 30.7 Å². The van der Waals surface area contributed by atoms with Crippen LogP contribution in [0.1, 0.15) is 30.9 Å². The number of nitrogens with one attached hydrogen (secondary N) is 1. The van der Waals surface area contributed by atoms with E-state index in [1.807, 2.05) is 18.3 Å². The smallest absolute Gasteiger partial charge is 0.407 e. The van der Waals surface area contributed by atoms with Crippen LogP contribution < -0.4 is 10.1 Å². The molecule has 11 heteroatoms. The number of nitrogens with zero attached hydrogens (tertiary/aromatic N) is 6. The Bertz CT molecular complexity index is 1250. The quantitative estimate of drug-likeness (QED) is 0.549. The number of nitriles is 1. The normalized spacial score (nSPS) is 18.3. The Balaban J connectivity index is 1.28. The molecule has 2 saturated heterocycles. The van der Waals surface area contributed by atoms with Crippen LogP contribution in [-0.4, -0.2) is 68.3 Å². The Hall–Kier alpha value is -4.17. The monoisotopic (exact) mass is 475 g/mol. The van der Waals surface area contributed by atoms with Crippen LogP contribution in [-0.2, 0) is 4.74 Å². The topological polar surface area (TPSA) is 138 Å². The minimum atomic E-state index is -0.911. The molecule has 1 amide bonds. The minimum Gasteiger partial charge on any atom is -0.489 e. The fourth-order valence-electron chi connectivity index (χ4n) is 4.30. The number of carboxylic acid groups (broad SMARTS) is 1. The zero-order valence-electron chi connectivity index (χ0n) is 19.0. The van der Waals surface area contributed by atoms with Gasteiger partial charge in [0.15, 0.2) is 0 Å². The van der Waals surface area contributed by atoms with Gasteiger partial charge in [0.25, 0.3) is 0 Å². The summed E-state index contributed by atoms with van der Waals surface area (Å²) in [5.41, 5.74) is 2.60. The number of hydrogen-bond donors (Lipinski definition) is 2. The van der Waals surface area contributed by atoms with Crippen molar-refractivity contribution >= 4 is 17.7 Å². The van der Waals surface area contributed by atoms with Gasteiger partial charge in [-0.15, -0.1) is 0 Å². The van der Waals surface area contributed by atoms with Crippen LogP contribution in [0.5, 0.6) is 5.75 Å². The lowest BCUT2D eigenvalue weighted by atomic mass is 10.1. The molecule has 2 fully saturated rings. The Labute approximate surface area is 201 Å². The van der Waals surface area contributed by atoms with Crippen LogP contribution in [0.2, 0.25) is 0 Å². The molecule has 180 valence electrons. The largest absolute Gasteiger partial charge is 0.489 e. The summed E-state index contributed by atoms with van der Waals surface area (Å²) in [7, 11) is 0. The van der Waals surface area contributed by atoms with Crippen molar-refractivity contribution in [1.29, 1.82) is 5.26 Å². The highest BCUT2D eigenvalue weighted by molar-refractivity contribution is 5.66. The van der Waals surface area contributed by atoms with Crippen molar-refractivity contribution in [2.24, 2.45) is 0 Å². The Morgan fingerprint density at radius 2 is 2.11 bits per heavy atom. The van der Waals surface area contributed by atoms with Crippen molar-refractivity contribution in [1.82, 2.24) is 24.6 Å². The Kier molecular flexibility index (Phi) is 6.45. The van der Waals surface area contributed by atoms with Crippen molar-refractivity contribution in [3.05, 3.63) is 48.4 Å². The number of hydrogen-bond acceptors (Lipinski definition) is 8. The van der Waals surface area contributed by atoms with Gasteiger partial charge in [0, 0.05) is 43.9 Å². The maximum atomic E-state index is 11.2. The third-order valence-electron chi connectivity index (χ3n) is 6.18. The van der Waals surface area contributed by atoms with Crippen molar-refractivity contribution in [2.45, 2.75) is 31.4 Å². The molecular formula is C24H25N7O4. The number of anilines is 2. The molecule has 2 aromatic heterocycles. The fourth-order valence-corrected chi connectivity index (χ4v) is 4.30. The summed E-state index contributed by atoms with van der Waals surface area (Å²) in [4.78, 5) is 21.4. The highest BCUT2D eigenvalue weighted by atomic mass is 16.5. The lowest BCUT2D eigenvalue weighted by Gasteiger charge is -2.23. The summed E-state index contributed by atoms with van der Waals surface area (Å²) in [6.45, 7) is 2.25. The Morgan fingerprint density at radius 1 is 1.26 bits per heavy atom. The summed E-state index contributed by atoms with van der Waals surface area (Å²) in [6, 6.07) is 9.47. The zero-order chi connectivity index (χ0) is 24.2. The van der Waals surface area contributed by atoms with E-state index in [1.54, 1.807) is 29.2 Å². The van der Waals surface area contributed by atoms with E-state index < -0.39 is 6.09 Å². The van der Waals surface area contributed by atoms with Crippen LogP contribution >= 0.6 is 0 Å². The second kappa shape index (κ2) is 9.99. The second-order valence-corrected chi connectivity index (χ2v) is 8.52. The lowest BCUT2D eigenvalue weighted by Crippen LogP contribution is -2.27. The van der Waals surface area contributed by atoms with Gasteiger partial charge in [0.1, 0.15) is 17.9 Å². The standard InChI is InChI=1S/C24H25N7O4/c25-12-17-11-16(1-2-22(17)35-20-5-9-34-10-6-20)21-3-7-26-23(29-21)28-18-13-27-31(14-18)19-4-8-30(15-19)24(32)33/h1-3,7,11,13-14,19-20H,4-6,8-10,15H2,(H,32,33)(H,26,28,29). The van der Waals surface area contributed by atoms with Crippen molar-refractivity contribution < 1.29 is 19.4 Å². The van der Waals surface area contributed by atoms with Gasteiger partial charge in [-0.3, -0.25) is 4.68 Å². The second-order valence-electron chi connectivity index (χ2n) is 8.52. The number of rotatable bonds is 6. The zero-order valence-corrected chi connectivity index (χ0v) is 19.0. The SMILES string of the molecule is N#Cc1cc(-c2ccnc(Nc3cnn(C4CCN(C(=O)O)C4)c3)n2)ccc1OC1CCOCC1. The van der Waals surface area contributed by atoms with Crippen molar-refractivity contribution in [3.8, 4) is 23.1 Å². The van der Waals surface area contributed by atoms with Gasteiger partial charge in [0.2, 0.25) is 5.95 Å². The molecule has 1 atom stereocenters. The highest BCUT2D eigenvalue weighted by Crippen LogP contribution is 2.28. The number of likely N-dealkylation sites (tertiary alicyclic amines) is 1. The molecule has 0 spiro atoms. The number of benzene rings is 1. The molecular weight excluding hydrogens is 450 g/mol. The van der Waals surface area contributed by atoms with Crippen LogP contribution in [0.15, 0.2) is 42.9 Å². The third kappa shape index (κ3) is 5.17. The van der Waals surface area contributed by atoms with E-state index in [9.17, 15) is 10.1 Å². The van der Waals surface area contributed by atoms with Crippen molar-refractivity contribution in [3.63, 3.8) is 0 Å². The summed E-state index contributed by atoms with van der Waals surface area (Å²) in [5, 5.41) is 26.3. The molecule has 2 N–H and O–H groups in total. The van der Waals surface area contributed by atoms with Gasteiger partial charge in [0.05, 0.1) is 42.4 Å². The summed E-state index contributed by atoms with van der Waals surface area (Å²) in [5.74, 6) is 0.956. The van der Waals surface area contributed by atoms with Crippen molar-refractivity contribution in [2.75, 3.05) is 31.6 Å². The van der Waals surface area contributed by atoms with E-state index in [1.165, 1.54) is 4.90 Å². The van der Waals surface area contributed by atoms with Crippen LogP contribution in [0, 0.1) is 11.3 Å². The van der Waals surface area contributed by atoms with E-state index in [0.717, 1.165) is 24.8 Å². The number of aromatic nitrogens is 4. The van der Waals surface area contributed by atoms with Gasteiger partial charge >= 0.3 is 6.09 Å². The maximum absolute atomic E-state index is 11.2. The number of carbonyl (C=O) groups is 1. The number of amides is 1. The molecule has 0 bridgehead atoms. The van der Waals surface area contributed by atoms with Gasteiger partial charge < -0.3 is 24.8 Å². The average Bonchev–Trinajstić information content (AvgIpc) is 3.55. The predicted molar refractivity (Wildman–Crippen MR) is 125 cm³/mol. The van der Waals surface area contributed by atoms with Crippen LogP contribution in [0.4, 0.5) is 16.4 Å². The third-order valence-corrected chi connectivity index (χ3v) is 6.18. The molecule has 0 aliphatic carbocycles. The van der Waals surface area contributed by atoms with E-state index in [-0.39, 0.29) is 12.1 Å². The molecule has 3 aromatic rings. The first-order valence-electron chi connectivity index (χ1n) is 11.5. The van der Waals surface area contributed by atoms with E-state index in [0.29, 0.717) is 54.9 Å². The number of ether oxygens (including phenoxy) is 2. The van der Waals surface area contributed by atoms with Gasteiger partial charge in [-0.2, -0.15) is 10.4 Å². The highest BCUT2D eigenvalue weighted by Gasteiger charge is 2.27. The molecule has 2 aliphatic rings. The molecule has 11 nitrogen and oxygen atoms in total. The first-order valence-corrected chi connectivity index (χ1v) is 11.5. The first kappa shape index (κ1) is 22.6. The fraction of sp³-hybridized carbons (Fsp3) is 0.375. The molecule has 2 aliphatic heterocycles. The average molecular weight is 476 g/mol. The molecule has 1 unspecified atom stereocenters. The van der Waals surface area contributed by atoms with Crippen LogP contribution in [0.25, 0.3) is 11.3 Å². The summed E-state index contributed by atoms with van der Waals surface area (Å²) in [6.07, 6.45) is 6.60. The lowest BCUT2D eigenvalue weighted by molar-refractivity contribution is 0.0254. The molecule has 0 radical (unpaired) electrons. The molecule has 5 rings (SSSR count). The Morgan fingerprint density at radius 3 is 2.89 bits per heavy atom. The van der Waals surface area contributed by atoms with E-state index in [4.69, 9.17) is 14.6 Å². The van der Waals surface area contributed by atoms with Gasteiger partial charge in [-0.25, -0.2) is 14.8 Å². The molecule has 4 heterocycles. The molecule has 0 saturated carbocycles. The molecule has 1 aromatic carbocycles. The predicted octanol–water partition coefficient (Wildman–Crippen LogP) is 3.44. The summed E-state index contributed by atoms with van der Waals surface area (Å²) >= 11 is 0. The van der Waals surface area contributed by atoms with E-state index in [2.05, 4.69) is 26.5 Å². The first-order chi connectivity index (χ1) is 17.1. The molecule has 35 heavy (non-hydrogen) atoms. The minimum absolute atomic E-state index is 0.000162. The van der Waals surface area contributed by atoms with Gasteiger partial charge in [-0.1, -0.05) is 0 Å². The summed E-state index contributed by atoms with van der Waals surface area (Å²) < 4.78 is 13.2. The maximum Gasteiger partial charge on any atom is 0.407 e. The van der Waals surface area contributed by atoms with Crippen LogP contribution in [0.3, 0.4) is 0 Å².